The van der Waals surface area contributed by atoms with Gasteiger partial charge in [-0.05, 0) is 37.3 Å². The van der Waals surface area contributed by atoms with E-state index < -0.39 is 0 Å². The Hall–Kier alpha value is -2.12. The third-order valence-electron chi connectivity index (χ3n) is 5.93. The van der Waals surface area contributed by atoms with Gasteiger partial charge in [0.2, 0.25) is 5.91 Å². The van der Waals surface area contributed by atoms with E-state index in [4.69, 9.17) is 9.15 Å². The maximum atomic E-state index is 12.6. The van der Waals surface area contributed by atoms with Gasteiger partial charge in [-0.25, -0.2) is 4.79 Å². The molecule has 2 fully saturated rings. The lowest BCUT2D eigenvalue weighted by atomic mass is 9.95. The Balaban J connectivity index is 1.21. The molecule has 1 aromatic heterocycles. The van der Waals surface area contributed by atoms with Crippen molar-refractivity contribution >= 4 is 17.0 Å². The van der Waals surface area contributed by atoms with Crippen LogP contribution in [0.25, 0.3) is 11.1 Å². The Morgan fingerprint density at radius 2 is 1.82 bits per heavy atom. The van der Waals surface area contributed by atoms with Gasteiger partial charge in [0.15, 0.2) is 5.58 Å². The van der Waals surface area contributed by atoms with Crippen molar-refractivity contribution in [1.29, 1.82) is 0 Å². The van der Waals surface area contributed by atoms with Crippen LogP contribution in [0.5, 0.6) is 0 Å². The van der Waals surface area contributed by atoms with Crippen LogP contribution >= 0.6 is 0 Å². The molecule has 0 bridgehead atoms. The van der Waals surface area contributed by atoms with Gasteiger partial charge in [-0.2, -0.15) is 0 Å². The van der Waals surface area contributed by atoms with E-state index in [0.29, 0.717) is 30.9 Å². The molecule has 0 saturated carbocycles. The van der Waals surface area contributed by atoms with Crippen LogP contribution in [0.2, 0.25) is 0 Å². The molecular formula is C21H29N3O4. The number of benzene rings is 1. The number of para-hydroxylation sites is 2. The first-order valence-corrected chi connectivity index (χ1v) is 10.4. The molecule has 0 atom stereocenters. The number of piperidine rings is 1. The second-order valence-electron chi connectivity index (χ2n) is 7.83. The van der Waals surface area contributed by atoms with Crippen molar-refractivity contribution in [2.24, 2.45) is 5.92 Å². The van der Waals surface area contributed by atoms with E-state index in [1.54, 1.807) is 10.6 Å². The second-order valence-corrected chi connectivity index (χ2v) is 7.83. The van der Waals surface area contributed by atoms with Crippen LogP contribution in [-0.2, 0) is 16.1 Å². The highest BCUT2D eigenvalue weighted by Crippen LogP contribution is 2.20. The van der Waals surface area contributed by atoms with E-state index in [1.807, 2.05) is 23.1 Å². The number of amides is 1. The summed E-state index contributed by atoms with van der Waals surface area (Å²) in [5.41, 5.74) is 1.39. The van der Waals surface area contributed by atoms with Gasteiger partial charge in [-0.3, -0.25) is 14.3 Å². The number of ether oxygens (including phenoxy) is 1. The van der Waals surface area contributed by atoms with Crippen molar-refractivity contribution in [1.82, 2.24) is 14.4 Å². The summed E-state index contributed by atoms with van der Waals surface area (Å²) in [5.74, 6) is 0.529. The van der Waals surface area contributed by atoms with Gasteiger partial charge in [-0.1, -0.05) is 12.1 Å². The number of carbonyl (C=O) groups is 1. The normalized spacial score (nSPS) is 19.4. The third kappa shape index (κ3) is 4.47. The van der Waals surface area contributed by atoms with Gasteiger partial charge in [-0.15, -0.1) is 0 Å². The average Bonchev–Trinajstić information content (AvgIpc) is 3.04. The molecule has 0 radical (unpaired) electrons. The molecule has 2 saturated heterocycles. The van der Waals surface area contributed by atoms with Crippen molar-refractivity contribution in [3.8, 4) is 0 Å². The number of nitrogens with zero attached hydrogens (tertiary/aromatic N) is 3. The zero-order valence-electron chi connectivity index (χ0n) is 16.3. The summed E-state index contributed by atoms with van der Waals surface area (Å²) in [4.78, 5) is 29.0. The molecule has 1 aromatic carbocycles. The monoisotopic (exact) mass is 387 g/mol. The van der Waals surface area contributed by atoms with E-state index in [1.165, 1.54) is 0 Å². The summed E-state index contributed by atoms with van der Waals surface area (Å²) in [6.45, 7) is 7.07. The molecule has 1 amide bonds. The number of oxazole rings is 1. The van der Waals surface area contributed by atoms with Crippen molar-refractivity contribution in [2.75, 3.05) is 45.9 Å². The molecule has 152 valence electrons. The second kappa shape index (κ2) is 8.92. The highest BCUT2D eigenvalue weighted by molar-refractivity contribution is 5.76. The highest BCUT2D eigenvalue weighted by atomic mass is 16.5. The fourth-order valence-corrected chi connectivity index (χ4v) is 4.29. The number of carbonyl (C=O) groups excluding carboxylic acids is 1. The maximum absolute atomic E-state index is 12.6. The molecule has 0 N–H and O–H groups in total. The van der Waals surface area contributed by atoms with Gasteiger partial charge in [0.1, 0.15) is 0 Å². The number of aromatic nitrogens is 1. The molecule has 2 aliphatic rings. The molecule has 2 aliphatic heterocycles. The Morgan fingerprint density at radius 1 is 1.07 bits per heavy atom. The molecule has 2 aromatic rings. The minimum absolute atomic E-state index is 0.200. The van der Waals surface area contributed by atoms with Crippen molar-refractivity contribution in [3.05, 3.63) is 34.8 Å². The Bertz CT molecular complexity index is 845. The van der Waals surface area contributed by atoms with Crippen molar-refractivity contribution in [2.45, 2.75) is 32.2 Å². The average molecular weight is 387 g/mol. The minimum Gasteiger partial charge on any atom is -0.408 e. The van der Waals surface area contributed by atoms with E-state index in [9.17, 15) is 9.59 Å². The first-order valence-electron chi connectivity index (χ1n) is 10.4. The molecule has 0 aliphatic carbocycles. The third-order valence-corrected chi connectivity index (χ3v) is 5.93. The summed E-state index contributed by atoms with van der Waals surface area (Å²) in [7, 11) is 0. The summed E-state index contributed by atoms with van der Waals surface area (Å²) in [5, 5.41) is 0. The van der Waals surface area contributed by atoms with Crippen LogP contribution < -0.4 is 5.76 Å². The Labute approximate surface area is 164 Å². The number of aryl methyl sites for hydroxylation is 1. The number of morpholine rings is 1. The fraction of sp³-hybridized carbons (Fsp3) is 0.619. The SMILES string of the molecule is O=C(CCCn1c(=O)oc2ccccc21)N1CCC(CN2CCOCC2)CC1. The first-order chi connectivity index (χ1) is 13.7. The summed E-state index contributed by atoms with van der Waals surface area (Å²) in [6.07, 6.45) is 3.28. The van der Waals surface area contributed by atoms with E-state index in [-0.39, 0.29) is 11.7 Å². The number of hydrogen-bond acceptors (Lipinski definition) is 5. The first kappa shape index (κ1) is 19.2. The van der Waals surface area contributed by atoms with Crippen LogP contribution in [0.1, 0.15) is 25.7 Å². The van der Waals surface area contributed by atoms with Crippen LogP contribution in [0.3, 0.4) is 0 Å². The van der Waals surface area contributed by atoms with Crippen molar-refractivity contribution in [3.63, 3.8) is 0 Å². The Morgan fingerprint density at radius 3 is 2.61 bits per heavy atom. The van der Waals surface area contributed by atoms with Crippen LogP contribution in [0, 0.1) is 5.92 Å². The largest absolute Gasteiger partial charge is 0.419 e. The quantitative estimate of drug-likeness (QED) is 0.758. The topological polar surface area (TPSA) is 67.9 Å². The van der Waals surface area contributed by atoms with Gasteiger partial charge in [0, 0.05) is 45.7 Å². The maximum Gasteiger partial charge on any atom is 0.419 e. The lowest BCUT2D eigenvalue weighted by Crippen LogP contribution is -2.44. The van der Waals surface area contributed by atoms with Gasteiger partial charge >= 0.3 is 5.76 Å². The van der Waals surface area contributed by atoms with Gasteiger partial charge in [0.25, 0.3) is 0 Å². The predicted molar refractivity (Wildman–Crippen MR) is 106 cm³/mol. The molecule has 0 unspecified atom stereocenters. The predicted octanol–water partition coefficient (Wildman–Crippen LogP) is 1.95. The highest BCUT2D eigenvalue weighted by Gasteiger charge is 2.24. The van der Waals surface area contributed by atoms with Crippen LogP contribution in [0.15, 0.2) is 33.5 Å². The zero-order valence-corrected chi connectivity index (χ0v) is 16.3. The van der Waals surface area contributed by atoms with Gasteiger partial charge in [0.05, 0.1) is 18.7 Å². The molecule has 7 nitrogen and oxygen atoms in total. The van der Waals surface area contributed by atoms with Gasteiger partial charge < -0.3 is 14.1 Å². The number of hydrogen-bond donors (Lipinski definition) is 0. The minimum atomic E-state index is -0.349. The number of fused-ring (bicyclic) bond motifs is 1. The standard InChI is InChI=1S/C21H29N3O4/c25-20(6-3-9-24-18-4-1-2-5-19(18)28-21(24)26)23-10-7-17(8-11-23)16-22-12-14-27-15-13-22/h1-2,4-5,17H,3,6-16H2. The number of rotatable bonds is 6. The smallest absolute Gasteiger partial charge is 0.408 e. The molecular weight excluding hydrogens is 358 g/mol. The lowest BCUT2D eigenvalue weighted by Gasteiger charge is -2.36. The van der Waals surface area contributed by atoms with Crippen LogP contribution in [0.4, 0.5) is 0 Å². The van der Waals surface area contributed by atoms with E-state index >= 15 is 0 Å². The molecule has 4 rings (SSSR count). The molecule has 3 heterocycles. The molecule has 28 heavy (non-hydrogen) atoms. The molecule has 0 spiro atoms. The Kier molecular flexibility index (Phi) is 6.12. The summed E-state index contributed by atoms with van der Waals surface area (Å²) < 4.78 is 12.3. The van der Waals surface area contributed by atoms with Crippen LogP contribution in [-0.4, -0.2) is 66.2 Å². The number of likely N-dealkylation sites (tertiary alicyclic amines) is 1. The molecule has 7 heteroatoms. The summed E-state index contributed by atoms with van der Waals surface area (Å²) in [6, 6.07) is 7.41. The van der Waals surface area contributed by atoms with E-state index in [2.05, 4.69) is 4.90 Å². The van der Waals surface area contributed by atoms with Crippen molar-refractivity contribution < 1.29 is 13.9 Å². The van der Waals surface area contributed by atoms with E-state index in [0.717, 1.165) is 64.3 Å². The fourth-order valence-electron chi connectivity index (χ4n) is 4.29. The lowest BCUT2D eigenvalue weighted by molar-refractivity contribution is -0.132. The zero-order chi connectivity index (χ0) is 19.3. The summed E-state index contributed by atoms with van der Waals surface area (Å²) >= 11 is 0.